The molecular weight excluding hydrogens is 416 g/mol. The molecule has 7 nitrogen and oxygen atoms in total. The lowest BCUT2D eigenvalue weighted by molar-refractivity contribution is -0.144. The number of rotatable bonds is 7. The van der Waals surface area contributed by atoms with Gasteiger partial charge in [0.15, 0.2) is 0 Å². The Bertz CT molecular complexity index is 1060. The number of esters is 1. The standard InChI is InChI=1S/C23H21ClN4O3/c24-19-8-6-18(7-9-19)21(14-27-16-25-15-26-27)31-23(30)12-5-17-3-10-20(11-4-17)28-13-1-2-22(28)29/h3-12,15-16,21H,1-2,13-14H2. The number of hydrogen-bond acceptors (Lipinski definition) is 5. The van der Waals surface area contributed by atoms with E-state index in [4.69, 9.17) is 16.3 Å². The molecule has 1 aromatic heterocycles. The second-order valence-electron chi connectivity index (χ2n) is 7.17. The number of halogens is 1. The molecule has 1 unspecified atom stereocenters. The number of hydrogen-bond donors (Lipinski definition) is 0. The molecule has 1 aliphatic heterocycles. The smallest absolute Gasteiger partial charge is 0.331 e. The summed E-state index contributed by atoms with van der Waals surface area (Å²) in [6.45, 7) is 1.08. The van der Waals surface area contributed by atoms with E-state index in [0.717, 1.165) is 29.8 Å². The topological polar surface area (TPSA) is 77.3 Å². The molecule has 0 bridgehead atoms. The molecule has 158 valence electrons. The molecule has 2 aromatic carbocycles. The summed E-state index contributed by atoms with van der Waals surface area (Å²) in [6, 6.07) is 14.7. The maximum atomic E-state index is 12.5. The van der Waals surface area contributed by atoms with Crippen molar-refractivity contribution < 1.29 is 14.3 Å². The van der Waals surface area contributed by atoms with Crippen LogP contribution in [0, 0.1) is 0 Å². The number of nitrogens with zero attached hydrogens (tertiary/aromatic N) is 4. The number of benzene rings is 2. The van der Waals surface area contributed by atoms with Gasteiger partial charge in [0.25, 0.3) is 0 Å². The average molecular weight is 437 g/mol. The molecule has 1 amide bonds. The highest BCUT2D eigenvalue weighted by atomic mass is 35.5. The lowest BCUT2D eigenvalue weighted by Gasteiger charge is -2.17. The van der Waals surface area contributed by atoms with Crippen molar-refractivity contribution in [2.24, 2.45) is 0 Å². The molecule has 0 aliphatic carbocycles. The maximum absolute atomic E-state index is 12.5. The van der Waals surface area contributed by atoms with Crippen LogP contribution in [-0.4, -0.2) is 33.2 Å². The van der Waals surface area contributed by atoms with Gasteiger partial charge >= 0.3 is 5.97 Å². The largest absolute Gasteiger partial charge is 0.452 e. The Morgan fingerprint density at radius 2 is 1.94 bits per heavy atom. The van der Waals surface area contributed by atoms with E-state index >= 15 is 0 Å². The summed E-state index contributed by atoms with van der Waals surface area (Å²) < 4.78 is 7.29. The van der Waals surface area contributed by atoms with Gasteiger partial charge in [-0.25, -0.2) is 14.5 Å². The van der Waals surface area contributed by atoms with Gasteiger partial charge in [-0.15, -0.1) is 0 Å². The number of carbonyl (C=O) groups is 2. The Morgan fingerprint density at radius 3 is 2.58 bits per heavy atom. The van der Waals surface area contributed by atoms with Crippen LogP contribution in [0.5, 0.6) is 0 Å². The first-order chi connectivity index (χ1) is 15.1. The Kier molecular flexibility index (Phi) is 6.43. The number of ether oxygens (including phenoxy) is 1. The number of carbonyl (C=O) groups excluding carboxylic acids is 2. The van der Waals surface area contributed by atoms with Gasteiger partial charge in [0.05, 0.1) is 6.54 Å². The van der Waals surface area contributed by atoms with Crippen LogP contribution in [0.15, 0.2) is 67.3 Å². The van der Waals surface area contributed by atoms with Crippen LogP contribution < -0.4 is 4.90 Å². The monoisotopic (exact) mass is 436 g/mol. The van der Waals surface area contributed by atoms with Crippen molar-refractivity contribution in [2.75, 3.05) is 11.4 Å². The normalized spacial score (nSPS) is 14.9. The highest BCUT2D eigenvalue weighted by Crippen LogP contribution is 2.23. The molecule has 1 fully saturated rings. The summed E-state index contributed by atoms with van der Waals surface area (Å²) in [6.07, 6.45) is 7.01. The van der Waals surface area contributed by atoms with Gasteiger partial charge in [0.1, 0.15) is 18.8 Å². The van der Waals surface area contributed by atoms with Crippen molar-refractivity contribution in [3.63, 3.8) is 0 Å². The van der Waals surface area contributed by atoms with Gasteiger partial charge in [-0.1, -0.05) is 35.9 Å². The molecule has 4 rings (SSSR count). The quantitative estimate of drug-likeness (QED) is 0.412. The first kappa shape index (κ1) is 20.8. The first-order valence-corrected chi connectivity index (χ1v) is 10.3. The molecule has 0 N–H and O–H groups in total. The molecular formula is C23H21ClN4O3. The maximum Gasteiger partial charge on any atom is 0.331 e. The summed E-state index contributed by atoms with van der Waals surface area (Å²) in [7, 11) is 0. The summed E-state index contributed by atoms with van der Waals surface area (Å²) in [5, 5.41) is 4.69. The number of amides is 1. The fourth-order valence-corrected chi connectivity index (χ4v) is 3.54. The third-order valence-corrected chi connectivity index (χ3v) is 5.26. The van der Waals surface area contributed by atoms with Crippen molar-refractivity contribution in [3.8, 4) is 0 Å². The van der Waals surface area contributed by atoms with Gasteiger partial charge in [-0.05, 0) is 47.9 Å². The summed E-state index contributed by atoms with van der Waals surface area (Å²) >= 11 is 5.97. The van der Waals surface area contributed by atoms with Crippen LogP contribution in [0.25, 0.3) is 6.08 Å². The Balaban J connectivity index is 1.42. The van der Waals surface area contributed by atoms with Crippen molar-refractivity contribution in [1.29, 1.82) is 0 Å². The average Bonchev–Trinajstić information content (AvgIpc) is 3.44. The fraction of sp³-hybridized carbons (Fsp3) is 0.217. The molecule has 3 aromatic rings. The van der Waals surface area contributed by atoms with E-state index in [2.05, 4.69) is 10.1 Å². The van der Waals surface area contributed by atoms with Crippen molar-refractivity contribution in [2.45, 2.75) is 25.5 Å². The molecule has 1 aliphatic rings. The van der Waals surface area contributed by atoms with E-state index < -0.39 is 12.1 Å². The second-order valence-corrected chi connectivity index (χ2v) is 7.60. The van der Waals surface area contributed by atoms with E-state index in [1.807, 2.05) is 36.4 Å². The molecule has 1 atom stereocenters. The molecule has 2 heterocycles. The Labute approximate surface area is 184 Å². The molecule has 1 saturated heterocycles. The van der Waals surface area contributed by atoms with Crippen molar-refractivity contribution in [3.05, 3.63) is 83.4 Å². The van der Waals surface area contributed by atoms with E-state index in [-0.39, 0.29) is 5.91 Å². The van der Waals surface area contributed by atoms with E-state index in [1.165, 1.54) is 12.4 Å². The molecule has 0 spiro atoms. The molecule has 31 heavy (non-hydrogen) atoms. The molecule has 0 radical (unpaired) electrons. The van der Waals surface area contributed by atoms with Crippen LogP contribution in [0.1, 0.15) is 30.1 Å². The van der Waals surface area contributed by atoms with E-state index in [1.54, 1.807) is 34.1 Å². The molecule has 8 heteroatoms. The lowest BCUT2D eigenvalue weighted by Crippen LogP contribution is -2.23. The zero-order valence-electron chi connectivity index (χ0n) is 16.7. The van der Waals surface area contributed by atoms with Crippen LogP contribution >= 0.6 is 11.6 Å². The van der Waals surface area contributed by atoms with Gasteiger partial charge in [-0.3, -0.25) is 4.79 Å². The minimum absolute atomic E-state index is 0.146. The third kappa shape index (κ3) is 5.38. The highest BCUT2D eigenvalue weighted by Gasteiger charge is 2.21. The predicted octanol–water partition coefficient (Wildman–Crippen LogP) is 4.06. The van der Waals surface area contributed by atoms with Gasteiger partial charge < -0.3 is 9.64 Å². The minimum Gasteiger partial charge on any atom is -0.452 e. The van der Waals surface area contributed by atoms with Crippen LogP contribution in [-0.2, 0) is 20.9 Å². The summed E-state index contributed by atoms with van der Waals surface area (Å²) in [4.78, 5) is 30.1. The van der Waals surface area contributed by atoms with Crippen molar-refractivity contribution in [1.82, 2.24) is 14.8 Å². The fourth-order valence-electron chi connectivity index (χ4n) is 3.42. The van der Waals surface area contributed by atoms with Gasteiger partial charge in [0, 0.05) is 29.8 Å². The van der Waals surface area contributed by atoms with E-state index in [9.17, 15) is 9.59 Å². The SMILES string of the molecule is O=C(C=Cc1ccc(N2CCCC2=O)cc1)OC(Cn1cncn1)c1ccc(Cl)cc1. The Hall–Kier alpha value is -3.45. The number of anilines is 1. The second kappa shape index (κ2) is 9.57. The highest BCUT2D eigenvalue weighted by molar-refractivity contribution is 6.30. The van der Waals surface area contributed by atoms with Crippen LogP contribution in [0.2, 0.25) is 5.02 Å². The Morgan fingerprint density at radius 1 is 1.16 bits per heavy atom. The predicted molar refractivity (Wildman–Crippen MR) is 117 cm³/mol. The van der Waals surface area contributed by atoms with Crippen molar-refractivity contribution >= 4 is 35.2 Å². The van der Waals surface area contributed by atoms with Gasteiger partial charge in [0.2, 0.25) is 5.91 Å². The zero-order valence-corrected chi connectivity index (χ0v) is 17.5. The number of aromatic nitrogens is 3. The van der Waals surface area contributed by atoms with Gasteiger partial charge in [-0.2, -0.15) is 5.10 Å². The zero-order chi connectivity index (χ0) is 21.6. The van der Waals surface area contributed by atoms with E-state index in [0.29, 0.717) is 18.0 Å². The minimum atomic E-state index is -0.542. The van der Waals surface area contributed by atoms with Crippen LogP contribution in [0.3, 0.4) is 0 Å². The van der Waals surface area contributed by atoms with Crippen LogP contribution in [0.4, 0.5) is 5.69 Å². The summed E-state index contributed by atoms with van der Waals surface area (Å²) in [5.74, 6) is -0.327. The lowest BCUT2D eigenvalue weighted by atomic mass is 10.1. The third-order valence-electron chi connectivity index (χ3n) is 5.01. The first-order valence-electron chi connectivity index (χ1n) is 9.95. The summed E-state index contributed by atoms with van der Waals surface area (Å²) in [5.41, 5.74) is 2.52. The molecule has 0 saturated carbocycles.